The number of methoxy groups -OCH3 is 1. The first-order chi connectivity index (χ1) is 21.8. The normalized spacial score (nSPS) is 11.2. The topological polar surface area (TPSA) is 118 Å². The highest BCUT2D eigenvalue weighted by Gasteiger charge is 2.28. The summed E-state index contributed by atoms with van der Waals surface area (Å²) in [6, 6.07) is 27.4. The summed E-state index contributed by atoms with van der Waals surface area (Å²) in [5.74, 6) is 0.0761. The number of carbonyl (C=O) groups is 2. The average Bonchev–Trinajstić information content (AvgIpc) is 3.47. The predicted molar refractivity (Wildman–Crippen MR) is 168 cm³/mol. The second kappa shape index (κ2) is 14.7. The van der Waals surface area contributed by atoms with Gasteiger partial charge in [0.2, 0.25) is 5.95 Å². The number of ether oxygens (including phenoxy) is 4. The molecule has 5 rings (SSSR count). The van der Waals surface area contributed by atoms with E-state index in [-0.39, 0.29) is 31.1 Å². The lowest BCUT2D eigenvalue weighted by atomic mass is 9.96. The summed E-state index contributed by atoms with van der Waals surface area (Å²) in [5, 5.41) is 0.156. The van der Waals surface area contributed by atoms with Crippen LogP contribution in [0.5, 0.6) is 5.75 Å². The Bertz CT molecular complexity index is 1680. The van der Waals surface area contributed by atoms with E-state index in [4.69, 9.17) is 40.5 Å². The Hall–Kier alpha value is -5.00. The summed E-state index contributed by atoms with van der Waals surface area (Å²) in [7, 11) is 1.62. The Morgan fingerprint density at radius 1 is 0.844 bits per heavy atom. The van der Waals surface area contributed by atoms with Crippen molar-refractivity contribution < 1.29 is 28.5 Å². The van der Waals surface area contributed by atoms with Gasteiger partial charge in [0.15, 0.2) is 10.8 Å². The molecule has 0 aliphatic rings. The number of rotatable bonds is 13. The zero-order valence-corrected chi connectivity index (χ0v) is 25.8. The van der Waals surface area contributed by atoms with Crippen LogP contribution in [0.15, 0.2) is 91.3 Å². The number of aromatic nitrogens is 4. The predicted octanol–water partition coefficient (Wildman–Crippen LogP) is 5.88. The van der Waals surface area contributed by atoms with Crippen LogP contribution in [0.4, 0.5) is 11.6 Å². The maximum absolute atomic E-state index is 11.4. The summed E-state index contributed by atoms with van der Waals surface area (Å²) in [5.41, 5.74) is 3.62. The highest BCUT2D eigenvalue weighted by Crippen LogP contribution is 2.39. The molecule has 0 radical (unpaired) electrons. The Morgan fingerprint density at radius 3 is 1.96 bits per heavy atom. The van der Waals surface area contributed by atoms with Gasteiger partial charge in [-0.05, 0) is 35.4 Å². The van der Waals surface area contributed by atoms with Crippen molar-refractivity contribution in [2.45, 2.75) is 32.7 Å². The first kappa shape index (κ1) is 31.4. The van der Waals surface area contributed by atoms with E-state index in [0.29, 0.717) is 22.9 Å². The molecule has 0 aliphatic heterocycles. The molecule has 232 valence electrons. The molecule has 0 saturated carbocycles. The van der Waals surface area contributed by atoms with Crippen LogP contribution < -0.4 is 9.64 Å². The molecule has 0 unspecified atom stereocenters. The third-order valence-corrected chi connectivity index (χ3v) is 7.12. The SMILES string of the molecule is COc1ccc(N(c2nc(Cl)c3ncn(COC(COC(C)=O)COC(C)=O)c3n2)C(c2ccccc2)c2ccccc2)cc1. The van der Waals surface area contributed by atoms with Crippen molar-refractivity contribution in [1.29, 1.82) is 0 Å². The minimum Gasteiger partial charge on any atom is -0.497 e. The smallest absolute Gasteiger partial charge is 0.302 e. The molecular formula is C33H32ClN5O6. The third-order valence-electron chi connectivity index (χ3n) is 6.86. The summed E-state index contributed by atoms with van der Waals surface area (Å²) in [4.78, 5) is 38.9. The Labute approximate surface area is 265 Å². The van der Waals surface area contributed by atoms with Crippen LogP contribution in [-0.2, 0) is 30.5 Å². The van der Waals surface area contributed by atoms with Crippen LogP contribution in [-0.4, -0.2) is 57.9 Å². The van der Waals surface area contributed by atoms with Gasteiger partial charge in [0.05, 0.1) is 19.5 Å². The van der Waals surface area contributed by atoms with Crippen molar-refractivity contribution in [3.8, 4) is 5.75 Å². The molecular weight excluding hydrogens is 598 g/mol. The minimum absolute atomic E-state index is 0.0419. The molecule has 3 aromatic carbocycles. The van der Waals surface area contributed by atoms with Crippen LogP contribution in [0.2, 0.25) is 5.15 Å². The molecule has 0 spiro atoms. The molecule has 0 aliphatic carbocycles. The van der Waals surface area contributed by atoms with Gasteiger partial charge >= 0.3 is 11.9 Å². The lowest BCUT2D eigenvalue weighted by Crippen LogP contribution is -2.29. The van der Waals surface area contributed by atoms with Crippen molar-refractivity contribution in [2.75, 3.05) is 25.2 Å². The van der Waals surface area contributed by atoms with E-state index < -0.39 is 18.0 Å². The first-order valence-corrected chi connectivity index (χ1v) is 14.5. The van der Waals surface area contributed by atoms with Crippen molar-refractivity contribution >= 4 is 46.3 Å². The Balaban J connectivity index is 1.58. The first-order valence-electron chi connectivity index (χ1n) is 14.1. The number of benzene rings is 3. The second-order valence-corrected chi connectivity index (χ2v) is 10.4. The number of hydrogen-bond acceptors (Lipinski definition) is 10. The molecule has 0 amide bonds. The molecule has 2 aromatic heterocycles. The summed E-state index contributed by atoms with van der Waals surface area (Å²) in [6.45, 7) is 2.34. The van der Waals surface area contributed by atoms with Gasteiger partial charge in [-0.15, -0.1) is 0 Å². The van der Waals surface area contributed by atoms with E-state index in [0.717, 1.165) is 16.8 Å². The summed E-state index contributed by atoms with van der Waals surface area (Å²) >= 11 is 6.75. The highest BCUT2D eigenvalue weighted by atomic mass is 35.5. The molecule has 0 saturated heterocycles. The number of hydrogen-bond donors (Lipinski definition) is 0. The van der Waals surface area contributed by atoms with Gasteiger partial charge in [-0.3, -0.25) is 19.1 Å². The number of anilines is 2. The number of halogens is 1. The lowest BCUT2D eigenvalue weighted by Gasteiger charge is -2.33. The van der Waals surface area contributed by atoms with E-state index >= 15 is 0 Å². The van der Waals surface area contributed by atoms with Gasteiger partial charge in [0, 0.05) is 19.5 Å². The molecule has 2 heterocycles. The Kier molecular flexibility index (Phi) is 10.2. The molecule has 11 nitrogen and oxygen atoms in total. The van der Waals surface area contributed by atoms with Gasteiger partial charge < -0.3 is 18.9 Å². The van der Waals surface area contributed by atoms with Crippen molar-refractivity contribution in [3.63, 3.8) is 0 Å². The largest absolute Gasteiger partial charge is 0.497 e. The lowest BCUT2D eigenvalue weighted by molar-refractivity contribution is -0.154. The van der Waals surface area contributed by atoms with Crippen molar-refractivity contribution in [3.05, 3.63) is 108 Å². The van der Waals surface area contributed by atoms with Gasteiger partial charge in [-0.25, -0.2) is 4.98 Å². The van der Waals surface area contributed by atoms with Gasteiger partial charge in [-0.2, -0.15) is 9.97 Å². The number of carbonyl (C=O) groups excluding carboxylic acids is 2. The number of esters is 2. The fourth-order valence-corrected chi connectivity index (χ4v) is 4.94. The molecule has 0 bridgehead atoms. The van der Waals surface area contributed by atoms with Crippen LogP contribution >= 0.6 is 11.6 Å². The zero-order chi connectivity index (χ0) is 31.8. The third kappa shape index (κ3) is 7.75. The van der Waals surface area contributed by atoms with Crippen LogP contribution in [0.3, 0.4) is 0 Å². The molecule has 0 fully saturated rings. The number of fused-ring (bicyclic) bond motifs is 1. The van der Waals surface area contributed by atoms with E-state index in [1.165, 1.54) is 20.2 Å². The Morgan fingerprint density at radius 2 is 1.42 bits per heavy atom. The van der Waals surface area contributed by atoms with Gasteiger partial charge in [0.25, 0.3) is 0 Å². The fraction of sp³-hybridized carbons (Fsp3) is 0.242. The molecule has 0 N–H and O–H groups in total. The fourth-order valence-electron chi connectivity index (χ4n) is 4.74. The molecule has 0 atom stereocenters. The van der Waals surface area contributed by atoms with Crippen molar-refractivity contribution in [1.82, 2.24) is 19.5 Å². The summed E-state index contributed by atoms with van der Waals surface area (Å²) in [6.07, 6.45) is 0.816. The van der Waals surface area contributed by atoms with Gasteiger partial charge in [-0.1, -0.05) is 72.3 Å². The molecule has 12 heteroatoms. The standard InChI is InChI=1S/C33H32ClN5O6/c1-22(40)43-18-28(19-44-23(2)41)45-21-38-20-35-29-31(34)36-33(37-32(29)38)39(26-14-16-27(42-3)17-15-26)30(24-10-6-4-7-11-24)25-12-8-5-9-13-25/h4-17,20,28,30H,18-19,21H2,1-3H3. The van der Waals surface area contributed by atoms with E-state index in [1.807, 2.05) is 65.6 Å². The molecule has 5 aromatic rings. The van der Waals surface area contributed by atoms with Crippen molar-refractivity contribution in [2.24, 2.45) is 0 Å². The second-order valence-electron chi connectivity index (χ2n) is 10.0. The molecule has 45 heavy (non-hydrogen) atoms. The maximum Gasteiger partial charge on any atom is 0.302 e. The summed E-state index contributed by atoms with van der Waals surface area (Å²) < 4.78 is 23.2. The number of imidazole rings is 1. The number of nitrogens with zero attached hydrogens (tertiary/aromatic N) is 5. The van der Waals surface area contributed by atoms with E-state index in [1.54, 1.807) is 11.7 Å². The van der Waals surface area contributed by atoms with Crippen LogP contribution in [0.1, 0.15) is 31.0 Å². The minimum atomic E-state index is -0.719. The maximum atomic E-state index is 11.4. The average molecular weight is 630 g/mol. The van der Waals surface area contributed by atoms with E-state index in [9.17, 15) is 9.59 Å². The quantitative estimate of drug-likeness (QED) is 0.115. The highest BCUT2D eigenvalue weighted by molar-refractivity contribution is 6.33. The van der Waals surface area contributed by atoms with Gasteiger partial charge in [0.1, 0.15) is 37.3 Å². The van der Waals surface area contributed by atoms with Crippen LogP contribution in [0, 0.1) is 0 Å². The van der Waals surface area contributed by atoms with Crippen LogP contribution in [0.25, 0.3) is 11.2 Å². The monoisotopic (exact) mass is 629 g/mol. The van der Waals surface area contributed by atoms with E-state index in [2.05, 4.69) is 29.2 Å². The zero-order valence-electron chi connectivity index (χ0n) is 25.0.